The summed E-state index contributed by atoms with van der Waals surface area (Å²) in [5.41, 5.74) is 5.36. The fourth-order valence-electron chi connectivity index (χ4n) is 6.18. The van der Waals surface area contributed by atoms with E-state index in [1.54, 1.807) is 6.07 Å². The molecule has 1 N–H and O–H groups in total. The van der Waals surface area contributed by atoms with E-state index in [4.69, 9.17) is 21.1 Å². The number of nitrogens with one attached hydrogen (secondary N) is 1. The minimum atomic E-state index is -0.677. The Hall–Kier alpha value is -3.88. The third-order valence-corrected chi connectivity index (χ3v) is 8.51. The van der Waals surface area contributed by atoms with E-state index in [-0.39, 0.29) is 11.8 Å². The molecular formula is C37H44ClFN4O3. The molecular weight excluding hydrogens is 603 g/mol. The fraction of sp³-hybridized carbons (Fsp3) is 0.405. The highest BCUT2D eigenvalue weighted by atomic mass is 35.5. The summed E-state index contributed by atoms with van der Waals surface area (Å²) in [4.78, 5) is 14.1. The molecule has 7 nitrogen and oxygen atoms in total. The first kappa shape index (κ1) is 33.5. The highest BCUT2D eigenvalue weighted by Crippen LogP contribution is 2.42. The van der Waals surface area contributed by atoms with Gasteiger partial charge in [0.2, 0.25) is 0 Å². The van der Waals surface area contributed by atoms with Crippen LogP contribution in [0.2, 0.25) is 5.02 Å². The van der Waals surface area contributed by atoms with Crippen LogP contribution in [0, 0.1) is 19.7 Å². The third kappa shape index (κ3) is 6.93. The number of aromatic nitrogens is 3. The van der Waals surface area contributed by atoms with Crippen molar-refractivity contribution in [3.63, 3.8) is 0 Å². The Morgan fingerprint density at radius 2 is 1.80 bits per heavy atom. The quantitative estimate of drug-likeness (QED) is 0.109. The number of aryl methyl sites for hydroxylation is 3. The zero-order chi connectivity index (χ0) is 33.2. The van der Waals surface area contributed by atoms with Crippen molar-refractivity contribution in [3.05, 3.63) is 82.0 Å². The van der Waals surface area contributed by atoms with E-state index in [1.807, 2.05) is 76.7 Å². The van der Waals surface area contributed by atoms with Crippen LogP contribution in [0.15, 0.2) is 48.5 Å². The van der Waals surface area contributed by atoms with Gasteiger partial charge in [-0.1, -0.05) is 36.7 Å². The highest BCUT2D eigenvalue weighted by Gasteiger charge is 2.30. The lowest BCUT2D eigenvalue weighted by Gasteiger charge is -2.21. The lowest BCUT2D eigenvalue weighted by atomic mass is 9.98. The van der Waals surface area contributed by atoms with Gasteiger partial charge in [0.15, 0.2) is 0 Å². The molecule has 0 radical (unpaired) electrons. The summed E-state index contributed by atoms with van der Waals surface area (Å²) in [5.74, 6) is 0.0514. The number of hydrogen-bond acceptors (Lipinski definition) is 5. The zero-order valence-electron chi connectivity index (χ0n) is 27.9. The largest absolute Gasteiger partial charge is 0.493 e. The summed E-state index contributed by atoms with van der Waals surface area (Å²) in [6.07, 6.45) is 2.23. The number of halogens is 2. The van der Waals surface area contributed by atoms with Crippen molar-refractivity contribution < 1.29 is 18.7 Å². The molecule has 0 aliphatic carbocycles. The monoisotopic (exact) mass is 646 g/mol. The molecule has 0 fully saturated rings. The highest BCUT2D eigenvalue weighted by molar-refractivity contribution is 6.35. The van der Waals surface area contributed by atoms with Gasteiger partial charge in [0.1, 0.15) is 22.9 Å². The molecule has 0 saturated carbocycles. The number of carbonyl (C=O) groups is 1. The molecule has 0 bridgehead atoms. The first-order chi connectivity index (χ1) is 21.9. The van der Waals surface area contributed by atoms with Gasteiger partial charge >= 0.3 is 5.97 Å². The van der Waals surface area contributed by atoms with Gasteiger partial charge in [0.25, 0.3) is 0 Å². The minimum absolute atomic E-state index is 0.281. The minimum Gasteiger partial charge on any atom is -0.493 e. The van der Waals surface area contributed by atoms with Crippen molar-refractivity contribution in [2.24, 2.45) is 7.05 Å². The number of esters is 1. The van der Waals surface area contributed by atoms with E-state index in [1.165, 1.54) is 12.1 Å². The second-order valence-corrected chi connectivity index (χ2v) is 13.2. The Bertz CT molecular complexity index is 1890. The number of carbonyl (C=O) groups excluding carboxylic acids is 1. The molecule has 0 aliphatic rings. The van der Waals surface area contributed by atoms with Gasteiger partial charge < -0.3 is 19.4 Å². The summed E-state index contributed by atoms with van der Waals surface area (Å²) >= 11 is 7.02. The predicted molar refractivity (Wildman–Crippen MR) is 185 cm³/mol. The summed E-state index contributed by atoms with van der Waals surface area (Å²) < 4.78 is 30.0. The van der Waals surface area contributed by atoms with E-state index in [0.29, 0.717) is 49.0 Å². The molecule has 46 heavy (non-hydrogen) atoms. The summed E-state index contributed by atoms with van der Waals surface area (Å²) in [7, 11) is 1.93. The van der Waals surface area contributed by atoms with E-state index in [0.717, 1.165) is 62.7 Å². The van der Waals surface area contributed by atoms with Gasteiger partial charge in [0.05, 0.1) is 22.8 Å². The van der Waals surface area contributed by atoms with Gasteiger partial charge in [-0.05, 0) is 102 Å². The van der Waals surface area contributed by atoms with Gasteiger partial charge in [-0.25, -0.2) is 9.18 Å². The number of fused-ring (bicyclic) bond motifs is 2. The number of hydrogen-bond donors (Lipinski definition) is 1. The molecule has 3 aromatic carbocycles. The Balaban J connectivity index is 1.61. The Morgan fingerprint density at radius 3 is 2.50 bits per heavy atom. The number of rotatable bonds is 12. The van der Waals surface area contributed by atoms with Crippen molar-refractivity contribution >= 4 is 39.2 Å². The van der Waals surface area contributed by atoms with Crippen LogP contribution in [-0.2, 0) is 24.8 Å². The normalized spacial score (nSPS) is 11.9. The molecule has 0 spiro atoms. The lowest BCUT2D eigenvalue weighted by molar-refractivity contribution is 0.00568. The van der Waals surface area contributed by atoms with Gasteiger partial charge in [-0.15, -0.1) is 0 Å². The average Bonchev–Trinajstić information content (AvgIpc) is 3.44. The van der Waals surface area contributed by atoms with Crippen LogP contribution < -0.4 is 10.1 Å². The van der Waals surface area contributed by atoms with Crippen molar-refractivity contribution in [3.8, 4) is 16.9 Å². The molecule has 0 aliphatic heterocycles. The van der Waals surface area contributed by atoms with Crippen molar-refractivity contribution in [1.29, 1.82) is 0 Å². The molecule has 9 heteroatoms. The van der Waals surface area contributed by atoms with E-state index < -0.39 is 5.60 Å². The summed E-state index contributed by atoms with van der Waals surface area (Å²) in [5, 5.41) is 11.4. The molecule has 0 unspecified atom stereocenters. The van der Waals surface area contributed by atoms with E-state index in [9.17, 15) is 9.18 Å². The number of nitrogens with zero attached hydrogens (tertiary/aromatic N) is 3. The Kier molecular flexibility index (Phi) is 10.1. The van der Waals surface area contributed by atoms with Crippen LogP contribution >= 0.6 is 11.6 Å². The first-order valence-electron chi connectivity index (χ1n) is 16.0. The number of benzene rings is 3. The number of ether oxygens (including phenoxy) is 2. The second-order valence-electron chi connectivity index (χ2n) is 12.8. The van der Waals surface area contributed by atoms with E-state index >= 15 is 0 Å². The summed E-state index contributed by atoms with van der Waals surface area (Å²) in [6, 6.07) is 14.3. The van der Waals surface area contributed by atoms with Crippen LogP contribution in [-0.4, -0.2) is 45.6 Å². The van der Waals surface area contributed by atoms with Crippen LogP contribution in [0.25, 0.3) is 32.8 Å². The molecule has 2 aromatic heterocycles. The average molecular weight is 647 g/mol. The van der Waals surface area contributed by atoms with Crippen LogP contribution in [0.3, 0.4) is 0 Å². The van der Waals surface area contributed by atoms with Gasteiger partial charge in [-0.2, -0.15) is 5.10 Å². The maximum Gasteiger partial charge on any atom is 0.355 e. The topological polar surface area (TPSA) is 70.3 Å². The van der Waals surface area contributed by atoms with E-state index in [2.05, 4.69) is 21.9 Å². The molecule has 0 saturated heterocycles. The maximum atomic E-state index is 14.1. The van der Waals surface area contributed by atoms with Crippen LogP contribution in [0.1, 0.15) is 68.0 Å². The van der Waals surface area contributed by atoms with Crippen LogP contribution in [0.5, 0.6) is 5.75 Å². The smallest absolute Gasteiger partial charge is 0.355 e. The molecule has 5 aromatic rings. The molecule has 0 amide bonds. The summed E-state index contributed by atoms with van der Waals surface area (Å²) in [6.45, 7) is 14.3. The van der Waals surface area contributed by atoms with Crippen LogP contribution in [0.4, 0.5) is 4.39 Å². The molecule has 5 rings (SSSR count). The predicted octanol–water partition coefficient (Wildman–Crippen LogP) is 8.57. The van der Waals surface area contributed by atoms with Crippen molar-refractivity contribution in [1.82, 2.24) is 19.7 Å². The fourth-order valence-corrected chi connectivity index (χ4v) is 6.42. The maximum absolute atomic E-state index is 14.1. The third-order valence-electron chi connectivity index (χ3n) is 8.20. The van der Waals surface area contributed by atoms with Gasteiger partial charge in [-0.3, -0.25) is 4.68 Å². The zero-order valence-corrected chi connectivity index (χ0v) is 28.6. The van der Waals surface area contributed by atoms with Crippen molar-refractivity contribution in [2.75, 3.05) is 19.7 Å². The SMILES string of the molecule is CCCNCCn1c(C(=O)OC(C)(C)C)c(CCCOc2cccc3cc(F)ccc23)c2ccc(Cl)c(-c3c(C)nn(C)c3C)c21. The van der Waals surface area contributed by atoms with Crippen molar-refractivity contribution in [2.45, 2.75) is 73.0 Å². The molecule has 244 valence electrons. The van der Waals surface area contributed by atoms with Gasteiger partial charge in [0, 0.05) is 47.7 Å². The lowest BCUT2D eigenvalue weighted by Crippen LogP contribution is -2.28. The second kappa shape index (κ2) is 13.9. The Morgan fingerprint density at radius 1 is 1.04 bits per heavy atom. The standard InChI is InChI=1S/C37H44ClFN4O3/c1-8-18-40-19-20-43-34-29(16-17-30(38)33(34)32-23(2)41-42(7)24(32)3)28(35(43)36(44)46-37(4,5)6)12-10-21-45-31-13-9-11-25-22-26(39)14-15-27(25)31/h9,11,13-17,22,40H,8,10,12,18-21H2,1-7H3. The first-order valence-corrected chi connectivity index (χ1v) is 16.4. The Labute approximate surface area is 275 Å². The molecule has 0 atom stereocenters. The molecule has 2 heterocycles.